The molecular formula is C14H19NO. The van der Waals surface area contributed by atoms with E-state index in [1.165, 1.54) is 5.56 Å². The van der Waals surface area contributed by atoms with Gasteiger partial charge in [-0.3, -0.25) is 4.79 Å². The molecule has 0 aliphatic carbocycles. The highest BCUT2D eigenvalue weighted by Gasteiger charge is 2.44. The molecule has 1 aliphatic rings. The van der Waals surface area contributed by atoms with Crippen molar-refractivity contribution in [2.24, 2.45) is 0 Å². The second-order valence-electron chi connectivity index (χ2n) is 4.54. The summed E-state index contributed by atoms with van der Waals surface area (Å²) >= 11 is 0. The number of amides is 1. The molecule has 1 amide bonds. The topological polar surface area (TPSA) is 29.1 Å². The summed E-state index contributed by atoms with van der Waals surface area (Å²) in [5.74, 6) is 0.185. The average molecular weight is 217 g/mol. The lowest BCUT2D eigenvalue weighted by molar-refractivity contribution is -0.121. The van der Waals surface area contributed by atoms with Gasteiger partial charge < -0.3 is 5.32 Å². The van der Waals surface area contributed by atoms with Crippen LogP contribution in [0.2, 0.25) is 0 Å². The molecule has 0 spiro atoms. The first-order chi connectivity index (χ1) is 7.74. The minimum Gasteiger partial charge on any atom is -0.325 e. The van der Waals surface area contributed by atoms with Gasteiger partial charge in [-0.2, -0.15) is 0 Å². The summed E-state index contributed by atoms with van der Waals surface area (Å²) in [5, 5.41) is 3.01. The first-order valence-corrected chi connectivity index (χ1v) is 6.15. The van der Waals surface area contributed by atoms with Crippen LogP contribution in [0.1, 0.15) is 45.1 Å². The minimum atomic E-state index is -0.271. The Morgan fingerprint density at radius 2 is 2.00 bits per heavy atom. The molecule has 0 saturated heterocycles. The Morgan fingerprint density at radius 1 is 1.25 bits per heavy atom. The van der Waals surface area contributed by atoms with E-state index in [0.29, 0.717) is 0 Å². The summed E-state index contributed by atoms with van der Waals surface area (Å²) in [6, 6.07) is 8.09. The van der Waals surface area contributed by atoms with Crippen molar-refractivity contribution in [1.82, 2.24) is 0 Å². The molecule has 0 saturated carbocycles. The summed E-state index contributed by atoms with van der Waals surface area (Å²) in [7, 11) is 0. The number of fused-ring (bicyclic) bond motifs is 1. The van der Waals surface area contributed by atoms with E-state index in [0.717, 1.165) is 31.4 Å². The van der Waals surface area contributed by atoms with E-state index in [1.54, 1.807) is 0 Å². The van der Waals surface area contributed by atoms with Gasteiger partial charge in [0.25, 0.3) is 0 Å². The predicted octanol–water partition coefficient (Wildman–Crippen LogP) is 3.48. The predicted molar refractivity (Wildman–Crippen MR) is 66.6 cm³/mol. The quantitative estimate of drug-likeness (QED) is 0.822. The third kappa shape index (κ3) is 1.53. The van der Waals surface area contributed by atoms with Crippen LogP contribution in [0.3, 0.4) is 0 Å². The molecule has 1 aromatic carbocycles. The lowest BCUT2D eigenvalue weighted by atomic mass is 9.75. The van der Waals surface area contributed by atoms with E-state index in [9.17, 15) is 4.79 Å². The summed E-state index contributed by atoms with van der Waals surface area (Å²) < 4.78 is 0. The number of rotatable bonds is 4. The maximum absolute atomic E-state index is 12.2. The van der Waals surface area contributed by atoms with Crippen LogP contribution in [-0.4, -0.2) is 5.91 Å². The van der Waals surface area contributed by atoms with Crippen LogP contribution in [-0.2, 0) is 10.2 Å². The van der Waals surface area contributed by atoms with Gasteiger partial charge in [0.05, 0.1) is 5.41 Å². The first kappa shape index (κ1) is 11.2. The molecule has 0 radical (unpaired) electrons. The van der Waals surface area contributed by atoms with Crippen molar-refractivity contribution < 1.29 is 4.79 Å². The van der Waals surface area contributed by atoms with E-state index in [-0.39, 0.29) is 11.3 Å². The van der Waals surface area contributed by atoms with Gasteiger partial charge in [0, 0.05) is 5.69 Å². The Bertz CT molecular complexity index is 399. The van der Waals surface area contributed by atoms with Gasteiger partial charge in [-0.1, -0.05) is 44.9 Å². The second kappa shape index (κ2) is 4.28. The number of nitrogens with one attached hydrogen (secondary N) is 1. The standard InChI is InChI=1S/C14H19NO/c1-3-5-10-14(4-2)11-8-6-7-9-12(11)15-13(14)16/h6-9H,3-5,10H2,1-2H3,(H,15,16). The number of unbranched alkanes of at least 4 members (excludes halogenated alkanes) is 1. The lowest BCUT2D eigenvalue weighted by Gasteiger charge is -2.25. The summed E-state index contributed by atoms with van der Waals surface area (Å²) in [6.45, 7) is 4.28. The summed E-state index contributed by atoms with van der Waals surface area (Å²) in [6.07, 6.45) is 4.09. The Kier molecular flexibility index (Phi) is 2.99. The molecule has 86 valence electrons. The van der Waals surface area contributed by atoms with Crippen LogP contribution in [0.25, 0.3) is 0 Å². The normalized spacial score (nSPS) is 23.0. The molecule has 1 heterocycles. The number of carbonyl (C=O) groups excluding carboxylic acids is 1. The summed E-state index contributed by atoms with van der Waals surface area (Å²) in [5.41, 5.74) is 1.92. The van der Waals surface area contributed by atoms with Crippen molar-refractivity contribution in [3.63, 3.8) is 0 Å². The highest BCUT2D eigenvalue weighted by Crippen LogP contribution is 2.43. The van der Waals surface area contributed by atoms with Crippen LogP contribution in [0.15, 0.2) is 24.3 Å². The van der Waals surface area contributed by atoms with Crippen LogP contribution >= 0.6 is 0 Å². The zero-order valence-electron chi connectivity index (χ0n) is 10.0. The number of hydrogen-bond acceptors (Lipinski definition) is 1. The van der Waals surface area contributed by atoms with Crippen molar-refractivity contribution >= 4 is 11.6 Å². The molecule has 1 aromatic rings. The van der Waals surface area contributed by atoms with Crippen LogP contribution in [0.5, 0.6) is 0 Å². The second-order valence-corrected chi connectivity index (χ2v) is 4.54. The molecule has 2 rings (SSSR count). The van der Waals surface area contributed by atoms with Crippen molar-refractivity contribution in [3.8, 4) is 0 Å². The molecule has 1 N–H and O–H groups in total. The fourth-order valence-electron chi connectivity index (χ4n) is 2.63. The molecule has 16 heavy (non-hydrogen) atoms. The number of anilines is 1. The molecule has 1 unspecified atom stereocenters. The highest BCUT2D eigenvalue weighted by atomic mass is 16.2. The number of hydrogen-bond donors (Lipinski definition) is 1. The SMILES string of the molecule is CCCCC1(CC)C(=O)Nc2ccccc21. The van der Waals surface area contributed by atoms with Crippen LogP contribution < -0.4 is 5.32 Å². The number of para-hydroxylation sites is 1. The Hall–Kier alpha value is -1.31. The zero-order chi connectivity index (χ0) is 11.6. The fourth-order valence-corrected chi connectivity index (χ4v) is 2.63. The Morgan fingerprint density at radius 3 is 2.69 bits per heavy atom. The van der Waals surface area contributed by atoms with Crippen LogP contribution in [0, 0.1) is 0 Å². The molecule has 1 atom stereocenters. The zero-order valence-corrected chi connectivity index (χ0v) is 10.0. The van der Waals surface area contributed by atoms with Gasteiger partial charge >= 0.3 is 0 Å². The minimum absolute atomic E-state index is 0.185. The number of carbonyl (C=O) groups is 1. The van der Waals surface area contributed by atoms with E-state index in [2.05, 4.69) is 25.2 Å². The van der Waals surface area contributed by atoms with Gasteiger partial charge in [0.1, 0.15) is 0 Å². The Labute approximate surface area is 97.1 Å². The molecule has 2 heteroatoms. The van der Waals surface area contributed by atoms with Gasteiger partial charge in [-0.15, -0.1) is 0 Å². The van der Waals surface area contributed by atoms with Gasteiger partial charge in [0.15, 0.2) is 0 Å². The Balaban J connectivity index is 2.41. The lowest BCUT2D eigenvalue weighted by Crippen LogP contribution is -2.33. The average Bonchev–Trinajstić information content (AvgIpc) is 2.59. The molecular weight excluding hydrogens is 198 g/mol. The smallest absolute Gasteiger partial charge is 0.235 e. The molecule has 0 fully saturated rings. The van der Waals surface area contributed by atoms with Crippen molar-refractivity contribution in [2.45, 2.75) is 44.9 Å². The molecule has 0 bridgehead atoms. The van der Waals surface area contributed by atoms with E-state index in [1.807, 2.05) is 18.2 Å². The monoisotopic (exact) mass is 217 g/mol. The van der Waals surface area contributed by atoms with E-state index >= 15 is 0 Å². The third-order valence-electron chi connectivity index (χ3n) is 3.69. The third-order valence-corrected chi connectivity index (χ3v) is 3.69. The first-order valence-electron chi connectivity index (χ1n) is 6.15. The van der Waals surface area contributed by atoms with Crippen LogP contribution in [0.4, 0.5) is 5.69 Å². The van der Waals surface area contributed by atoms with E-state index in [4.69, 9.17) is 0 Å². The van der Waals surface area contributed by atoms with Gasteiger partial charge in [0.2, 0.25) is 5.91 Å². The van der Waals surface area contributed by atoms with Gasteiger partial charge in [-0.05, 0) is 24.5 Å². The number of benzene rings is 1. The van der Waals surface area contributed by atoms with Crippen molar-refractivity contribution in [2.75, 3.05) is 5.32 Å². The van der Waals surface area contributed by atoms with Gasteiger partial charge in [-0.25, -0.2) is 0 Å². The van der Waals surface area contributed by atoms with Crippen molar-refractivity contribution in [3.05, 3.63) is 29.8 Å². The molecule has 0 aromatic heterocycles. The van der Waals surface area contributed by atoms with E-state index < -0.39 is 0 Å². The molecule has 2 nitrogen and oxygen atoms in total. The fraction of sp³-hybridized carbons (Fsp3) is 0.500. The maximum Gasteiger partial charge on any atom is 0.235 e. The maximum atomic E-state index is 12.2. The summed E-state index contributed by atoms with van der Waals surface area (Å²) in [4.78, 5) is 12.2. The molecule has 1 aliphatic heterocycles. The largest absolute Gasteiger partial charge is 0.325 e. The highest BCUT2D eigenvalue weighted by molar-refractivity contribution is 6.06. The van der Waals surface area contributed by atoms with Crippen molar-refractivity contribution in [1.29, 1.82) is 0 Å².